The molecular weight excluding hydrogens is 234 g/mol. The Morgan fingerprint density at radius 1 is 1.41 bits per heavy atom. The molecule has 0 aliphatic heterocycles. The highest BCUT2D eigenvalue weighted by Crippen LogP contribution is 2.34. The van der Waals surface area contributed by atoms with Gasteiger partial charge in [-0.2, -0.15) is 5.26 Å². The summed E-state index contributed by atoms with van der Waals surface area (Å²) < 4.78 is 5.71. The molecule has 5 heteroatoms. The first-order chi connectivity index (χ1) is 8.22. The number of nitrogens with zero attached hydrogens (tertiary/aromatic N) is 3. The van der Waals surface area contributed by atoms with E-state index in [4.69, 9.17) is 10.00 Å². The van der Waals surface area contributed by atoms with Crippen LogP contribution in [0.2, 0.25) is 0 Å². The highest BCUT2D eigenvalue weighted by atomic mass is 32.1. The third kappa shape index (κ3) is 2.43. The molecule has 0 bridgehead atoms. The van der Waals surface area contributed by atoms with Crippen molar-refractivity contribution in [3.63, 3.8) is 0 Å². The largest absolute Gasteiger partial charge is 0.489 e. The Labute approximate surface area is 104 Å². The molecule has 0 atom stereocenters. The minimum atomic E-state index is 0.0103. The lowest BCUT2D eigenvalue weighted by Gasteiger charge is -2.14. The fourth-order valence-electron chi connectivity index (χ4n) is 1.45. The van der Waals surface area contributed by atoms with Gasteiger partial charge in [-0.1, -0.05) is 17.4 Å². The first kappa shape index (κ1) is 11.6. The molecule has 0 spiro atoms. The molecule has 17 heavy (non-hydrogen) atoms. The number of nitriles is 1. The van der Waals surface area contributed by atoms with Gasteiger partial charge in [0.05, 0.1) is 17.2 Å². The summed E-state index contributed by atoms with van der Waals surface area (Å²) in [6.45, 7) is 3.86. The van der Waals surface area contributed by atoms with Crippen LogP contribution in [-0.4, -0.2) is 16.3 Å². The standard InChI is InChI=1S/C12H11N3OS/c1-8(2)16-11-9(6-13)4-3-5-10(11)12-15-14-7-17-12/h3-5,7-8H,1-2H3. The van der Waals surface area contributed by atoms with Crippen LogP contribution in [0, 0.1) is 11.3 Å². The molecule has 1 heterocycles. The Balaban J connectivity index is 2.55. The molecule has 2 aromatic rings. The zero-order chi connectivity index (χ0) is 12.3. The highest BCUT2D eigenvalue weighted by Gasteiger charge is 2.14. The van der Waals surface area contributed by atoms with Crippen LogP contribution in [0.5, 0.6) is 5.75 Å². The van der Waals surface area contributed by atoms with Gasteiger partial charge < -0.3 is 4.74 Å². The summed E-state index contributed by atoms with van der Waals surface area (Å²) in [5.41, 5.74) is 3.00. The summed E-state index contributed by atoms with van der Waals surface area (Å²) in [7, 11) is 0. The predicted octanol–water partition coefficient (Wildman–Crippen LogP) is 2.86. The summed E-state index contributed by atoms with van der Waals surface area (Å²) in [4.78, 5) is 0. The Kier molecular flexibility index (Phi) is 3.35. The molecule has 0 fully saturated rings. The second-order valence-corrected chi connectivity index (χ2v) is 4.54. The molecule has 0 amide bonds. The predicted molar refractivity (Wildman–Crippen MR) is 65.8 cm³/mol. The van der Waals surface area contributed by atoms with Crippen molar-refractivity contribution < 1.29 is 4.74 Å². The van der Waals surface area contributed by atoms with Crippen LogP contribution < -0.4 is 4.74 Å². The van der Waals surface area contributed by atoms with Crippen molar-refractivity contribution in [2.75, 3.05) is 0 Å². The number of hydrogen-bond donors (Lipinski definition) is 0. The van der Waals surface area contributed by atoms with Crippen LogP contribution >= 0.6 is 11.3 Å². The molecule has 0 N–H and O–H groups in total. The molecule has 0 saturated carbocycles. The fraction of sp³-hybridized carbons (Fsp3) is 0.250. The van der Waals surface area contributed by atoms with Crippen LogP contribution in [0.3, 0.4) is 0 Å². The number of hydrogen-bond acceptors (Lipinski definition) is 5. The van der Waals surface area contributed by atoms with E-state index in [9.17, 15) is 0 Å². The van der Waals surface area contributed by atoms with E-state index >= 15 is 0 Å². The molecule has 0 saturated heterocycles. The van der Waals surface area contributed by atoms with Crippen LogP contribution in [0.4, 0.5) is 0 Å². The minimum Gasteiger partial charge on any atom is -0.489 e. The lowest BCUT2D eigenvalue weighted by atomic mass is 10.1. The third-order valence-corrected chi connectivity index (χ3v) is 2.80. The lowest BCUT2D eigenvalue weighted by molar-refractivity contribution is 0.243. The molecule has 86 valence electrons. The zero-order valence-corrected chi connectivity index (χ0v) is 10.4. The maximum Gasteiger partial charge on any atom is 0.151 e. The molecule has 4 nitrogen and oxygen atoms in total. The molecule has 1 aromatic carbocycles. The van der Waals surface area contributed by atoms with Crippen LogP contribution in [0.25, 0.3) is 10.6 Å². The van der Waals surface area contributed by atoms with Gasteiger partial charge in [-0.05, 0) is 26.0 Å². The molecular formula is C12H11N3OS. The average Bonchev–Trinajstić information content (AvgIpc) is 2.82. The third-order valence-electron chi connectivity index (χ3n) is 2.08. The van der Waals surface area contributed by atoms with Crippen LogP contribution in [-0.2, 0) is 0 Å². The molecule has 0 unspecified atom stereocenters. The number of benzene rings is 1. The van der Waals surface area contributed by atoms with E-state index in [0.29, 0.717) is 11.3 Å². The van der Waals surface area contributed by atoms with Gasteiger partial charge >= 0.3 is 0 Å². The van der Waals surface area contributed by atoms with E-state index in [1.165, 1.54) is 11.3 Å². The Bertz CT molecular complexity index is 543. The Hall–Kier alpha value is -1.93. The average molecular weight is 245 g/mol. The van der Waals surface area contributed by atoms with E-state index in [1.54, 1.807) is 11.6 Å². The monoisotopic (exact) mass is 245 g/mol. The van der Waals surface area contributed by atoms with E-state index in [0.717, 1.165) is 10.6 Å². The maximum atomic E-state index is 9.09. The quantitative estimate of drug-likeness (QED) is 0.834. The van der Waals surface area contributed by atoms with Gasteiger partial charge in [0.1, 0.15) is 17.3 Å². The van der Waals surface area contributed by atoms with E-state index in [1.807, 2.05) is 26.0 Å². The first-order valence-corrected chi connectivity index (χ1v) is 6.06. The van der Waals surface area contributed by atoms with E-state index in [2.05, 4.69) is 16.3 Å². The maximum absolute atomic E-state index is 9.09. The van der Waals surface area contributed by atoms with Crippen molar-refractivity contribution in [3.8, 4) is 22.4 Å². The van der Waals surface area contributed by atoms with Crippen molar-refractivity contribution in [3.05, 3.63) is 29.3 Å². The van der Waals surface area contributed by atoms with Crippen molar-refractivity contribution >= 4 is 11.3 Å². The van der Waals surface area contributed by atoms with Crippen LogP contribution in [0.15, 0.2) is 23.7 Å². The Morgan fingerprint density at radius 2 is 2.24 bits per heavy atom. The second kappa shape index (κ2) is 4.93. The Morgan fingerprint density at radius 3 is 2.82 bits per heavy atom. The van der Waals surface area contributed by atoms with Gasteiger partial charge in [-0.15, -0.1) is 10.2 Å². The van der Waals surface area contributed by atoms with Crippen molar-refractivity contribution in [1.82, 2.24) is 10.2 Å². The van der Waals surface area contributed by atoms with Crippen molar-refractivity contribution in [1.29, 1.82) is 5.26 Å². The molecule has 2 rings (SSSR count). The normalized spacial score (nSPS) is 10.2. The molecule has 1 aromatic heterocycles. The van der Waals surface area contributed by atoms with Crippen molar-refractivity contribution in [2.24, 2.45) is 0 Å². The van der Waals surface area contributed by atoms with Gasteiger partial charge in [0, 0.05) is 0 Å². The smallest absolute Gasteiger partial charge is 0.151 e. The minimum absolute atomic E-state index is 0.0103. The number of ether oxygens (including phenoxy) is 1. The van der Waals surface area contributed by atoms with E-state index < -0.39 is 0 Å². The lowest BCUT2D eigenvalue weighted by Crippen LogP contribution is -2.08. The van der Waals surface area contributed by atoms with Gasteiger partial charge in [-0.3, -0.25) is 0 Å². The summed E-state index contributed by atoms with van der Waals surface area (Å²) >= 11 is 1.42. The number of aromatic nitrogens is 2. The molecule has 0 aliphatic carbocycles. The second-order valence-electron chi connectivity index (χ2n) is 3.70. The van der Waals surface area contributed by atoms with Gasteiger partial charge in [-0.25, -0.2) is 0 Å². The molecule has 0 radical (unpaired) electrons. The highest BCUT2D eigenvalue weighted by molar-refractivity contribution is 7.12. The van der Waals surface area contributed by atoms with Gasteiger partial charge in [0.25, 0.3) is 0 Å². The summed E-state index contributed by atoms with van der Waals surface area (Å²) in [6, 6.07) is 7.58. The van der Waals surface area contributed by atoms with E-state index in [-0.39, 0.29) is 6.10 Å². The van der Waals surface area contributed by atoms with Crippen LogP contribution in [0.1, 0.15) is 19.4 Å². The summed E-state index contributed by atoms with van der Waals surface area (Å²) in [6.07, 6.45) is 0.0103. The zero-order valence-electron chi connectivity index (χ0n) is 9.54. The first-order valence-electron chi connectivity index (χ1n) is 5.18. The summed E-state index contributed by atoms with van der Waals surface area (Å²) in [5, 5.41) is 17.7. The molecule has 0 aliphatic rings. The van der Waals surface area contributed by atoms with Gasteiger partial charge in [0.2, 0.25) is 0 Å². The summed E-state index contributed by atoms with van der Waals surface area (Å²) in [5.74, 6) is 0.585. The fourth-order valence-corrected chi connectivity index (χ4v) is 2.02. The number of rotatable bonds is 3. The van der Waals surface area contributed by atoms with Gasteiger partial charge in [0.15, 0.2) is 5.01 Å². The topological polar surface area (TPSA) is 58.8 Å². The number of para-hydroxylation sites is 1. The SMILES string of the molecule is CC(C)Oc1c(C#N)cccc1-c1nncs1. The van der Waals surface area contributed by atoms with Crippen molar-refractivity contribution in [2.45, 2.75) is 20.0 Å².